The fraction of sp³-hybridized carbons (Fsp3) is 0.300. The van der Waals surface area contributed by atoms with E-state index in [1.165, 1.54) is 0 Å². The topological polar surface area (TPSA) is 55.6 Å². The molecule has 0 saturated carbocycles. The molecule has 0 fully saturated rings. The third-order valence-electron chi connectivity index (χ3n) is 2.03. The Morgan fingerprint density at radius 3 is 2.81 bits per heavy atom. The molecule has 0 aliphatic carbocycles. The first-order chi connectivity index (χ1) is 7.84. The van der Waals surface area contributed by atoms with Gasteiger partial charge in [-0.3, -0.25) is 4.68 Å². The molecule has 1 N–H and O–H groups in total. The number of nitrogens with zero attached hydrogens (tertiary/aromatic N) is 4. The molecule has 0 aliphatic rings. The molecule has 16 heavy (non-hydrogen) atoms. The molecule has 2 aromatic rings. The number of nitrogens with one attached hydrogen (secondary N) is 1. The maximum absolute atomic E-state index is 4.16. The molecular weight excluding hydrogens is 317 g/mol. The van der Waals surface area contributed by atoms with E-state index in [4.69, 9.17) is 0 Å². The molecule has 0 saturated heterocycles. The van der Waals surface area contributed by atoms with Gasteiger partial charge in [0.25, 0.3) is 0 Å². The van der Waals surface area contributed by atoms with Gasteiger partial charge in [0, 0.05) is 41.4 Å². The van der Waals surface area contributed by atoms with Gasteiger partial charge in [-0.1, -0.05) is 0 Å². The van der Waals surface area contributed by atoms with Crippen molar-refractivity contribution in [3.8, 4) is 0 Å². The number of halogens is 1. The second kappa shape index (κ2) is 5.78. The minimum atomic E-state index is 0.681. The van der Waals surface area contributed by atoms with Crippen molar-refractivity contribution in [3.05, 3.63) is 34.4 Å². The Bertz CT molecular complexity index is 411. The largest absolute Gasteiger partial charge is 0.354 e. The highest BCUT2D eigenvalue weighted by Gasteiger charge is 1.95. The molecule has 0 radical (unpaired) electrons. The molecule has 84 valence electrons. The van der Waals surface area contributed by atoms with Crippen LogP contribution in [0, 0.1) is 3.57 Å². The molecule has 0 aliphatic heterocycles. The van der Waals surface area contributed by atoms with Crippen LogP contribution >= 0.6 is 22.6 Å². The van der Waals surface area contributed by atoms with Crippen LogP contribution in [0.4, 0.5) is 5.95 Å². The standard InChI is InChI=1S/C10H12IN5/c11-9-7-13-10(14-8-9)12-3-1-5-16-6-2-4-15-16/h2,4,6-8H,1,3,5H2,(H,12,13,14). The van der Waals surface area contributed by atoms with Crippen LogP contribution in [0.1, 0.15) is 6.42 Å². The van der Waals surface area contributed by atoms with Crippen LogP contribution in [0.25, 0.3) is 0 Å². The highest BCUT2D eigenvalue weighted by Crippen LogP contribution is 2.02. The first kappa shape index (κ1) is 11.3. The lowest BCUT2D eigenvalue weighted by Crippen LogP contribution is -2.09. The van der Waals surface area contributed by atoms with Gasteiger partial charge in [-0.2, -0.15) is 5.10 Å². The molecule has 0 spiro atoms. The quantitative estimate of drug-likeness (QED) is 0.671. The minimum Gasteiger partial charge on any atom is -0.354 e. The van der Waals surface area contributed by atoms with Crippen LogP contribution in [0.2, 0.25) is 0 Å². The van der Waals surface area contributed by atoms with Crippen molar-refractivity contribution in [3.63, 3.8) is 0 Å². The molecule has 2 aromatic heterocycles. The van der Waals surface area contributed by atoms with Crippen LogP contribution < -0.4 is 5.32 Å². The number of anilines is 1. The first-order valence-electron chi connectivity index (χ1n) is 5.03. The predicted octanol–water partition coefficient (Wildman–Crippen LogP) is 1.78. The average molecular weight is 329 g/mol. The molecule has 2 rings (SSSR count). The summed E-state index contributed by atoms with van der Waals surface area (Å²) < 4.78 is 2.95. The van der Waals surface area contributed by atoms with Crippen LogP contribution in [-0.2, 0) is 6.54 Å². The third kappa shape index (κ3) is 3.44. The number of hydrogen-bond acceptors (Lipinski definition) is 4. The Labute approximate surface area is 107 Å². The van der Waals surface area contributed by atoms with Crippen molar-refractivity contribution in [2.24, 2.45) is 0 Å². The van der Waals surface area contributed by atoms with Crippen molar-refractivity contribution in [2.75, 3.05) is 11.9 Å². The van der Waals surface area contributed by atoms with E-state index in [1.54, 1.807) is 18.6 Å². The van der Waals surface area contributed by atoms with Crippen LogP contribution in [0.15, 0.2) is 30.9 Å². The summed E-state index contributed by atoms with van der Waals surface area (Å²) in [5.74, 6) is 0.681. The van der Waals surface area contributed by atoms with E-state index in [1.807, 2.05) is 16.9 Å². The Morgan fingerprint density at radius 1 is 1.31 bits per heavy atom. The van der Waals surface area contributed by atoms with Gasteiger partial charge in [-0.15, -0.1) is 0 Å². The zero-order chi connectivity index (χ0) is 11.2. The molecule has 5 nitrogen and oxygen atoms in total. The van der Waals surface area contributed by atoms with Crippen molar-refractivity contribution in [1.29, 1.82) is 0 Å². The molecular formula is C10H12IN5. The fourth-order valence-corrected chi connectivity index (χ4v) is 1.56. The lowest BCUT2D eigenvalue weighted by atomic mass is 10.4. The maximum Gasteiger partial charge on any atom is 0.222 e. The first-order valence-corrected chi connectivity index (χ1v) is 6.11. The monoisotopic (exact) mass is 329 g/mol. The Morgan fingerprint density at radius 2 is 2.12 bits per heavy atom. The zero-order valence-corrected chi connectivity index (χ0v) is 10.8. The SMILES string of the molecule is Ic1cnc(NCCCn2cccn2)nc1. The van der Waals surface area contributed by atoms with Crippen LogP contribution in [0.3, 0.4) is 0 Å². The third-order valence-corrected chi connectivity index (χ3v) is 2.58. The lowest BCUT2D eigenvalue weighted by Gasteiger charge is -2.04. The summed E-state index contributed by atoms with van der Waals surface area (Å²) in [4.78, 5) is 8.32. The Balaban J connectivity index is 1.70. The Kier molecular flexibility index (Phi) is 4.09. The highest BCUT2D eigenvalue weighted by molar-refractivity contribution is 14.1. The van der Waals surface area contributed by atoms with Gasteiger partial charge in [0.2, 0.25) is 5.95 Å². The molecule has 0 atom stereocenters. The second-order valence-electron chi connectivity index (χ2n) is 3.27. The van der Waals surface area contributed by atoms with Crippen molar-refractivity contribution in [1.82, 2.24) is 19.7 Å². The van der Waals surface area contributed by atoms with Gasteiger partial charge in [-0.25, -0.2) is 9.97 Å². The van der Waals surface area contributed by atoms with Gasteiger partial charge in [0.1, 0.15) is 0 Å². The smallest absolute Gasteiger partial charge is 0.222 e. The Hall–Kier alpha value is -1.18. The van der Waals surface area contributed by atoms with Gasteiger partial charge < -0.3 is 5.32 Å². The molecule has 2 heterocycles. The van der Waals surface area contributed by atoms with Gasteiger partial charge in [0.15, 0.2) is 0 Å². The molecule has 0 unspecified atom stereocenters. The normalized spacial score (nSPS) is 10.3. The van der Waals surface area contributed by atoms with Crippen LogP contribution in [0.5, 0.6) is 0 Å². The highest BCUT2D eigenvalue weighted by atomic mass is 127. The summed E-state index contributed by atoms with van der Waals surface area (Å²) in [7, 11) is 0. The van der Waals surface area contributed by atoms with E-state index in [2.05, 4.69) is 43.0 Å². The molecule has 0 aromatic carbocycles. The number of hydrogen-bond donors (Lipinski definition) is 1. The molecule has 6 heteroatoms. The van der Waals surface area contributed by atoms with E-state index in [9.17, 15) is 0 Å². The summed E-state index contributed by atoms with van der Waals surface area (Å²) in [6, 6.07) is 1.93. The van der Waals surface area contributed by atoms with Crippen molar-refractivity contribution < 1.29 is 0 Å². The number of aryl methyl sites for hydroxylation is 1. The number of rotatable bonds is 5. The fourth-order valence-electron chi connectivity index (χ4n) is 1.28. The van der Waals surface area contributed by atoms with Gasteiger partial charge >= 0.3 is 0 Å². The van der Waals surface area contributed by atoms with E-state index < -0.39 is 0 Å². The van der Waals surface area contributed by atoms with Crippen molar-refractivity contribution in [2.45, 2.75) is 13.0 Å². The predicted molar refractivity (Wildman–Crippen MR) is 70.1 cm³/mol. The number of aromatic nitrogens is 4. The van der Waals surface area contributed by atoms with E-state index in [0.717, 1.165) is 23.1 Å². The summed E-state index contributed by atoms with van der Waals surface area (Å²) in [5, 5.41) is 7.30. The lowest BCUT2D eigenvalue weighted by molar-refractivity contribution is 0.591. The summed E-state index contributed by atoms with van der Waals surface area (Å²) in [6.07, 6.45) is 8.33. The zero-order valence-electron chi connectivity index (χ0n) is 8.67. The van der Waals surface area contributed by atoms with E-state index in [0.29, 0.717) is 5.95 Å². The summed E-state index contributed by atoms with van der Waals surface area (Å²) >= 11 is 2.18. The maximum atomic E-state index is 4.16. The van der Waals surface area contributed by atoms with Crippen LogP contribution in [-0.4, -0.2) is 26.3 Å². The van der Waals surface area contributed by atoms with E-state index >= 15 is 0 Å². The summed E-state index contributed by atoms with van der Waals surface area (Å²) in [6.45, 7) is 1.75. The van der Waals surface area contributed by atoms with Gasteiger partial charge in [-0.05, 0) is 35.1 Å². The minimum absolute atomic E-state index is 0.681. The average Bonchev–Trinajstić information content (AvgIpc) is 2.80. The second-order valence-corrected chi connectivity index (χ2v) is 4.52. The molecule has 0 amide bonds. The summed E-state index contributed by atoms with van der Waals surface area (Å²) in [5.41, 5.74) is 0. The van der Waals surface area contributed by atoms with Crippen molar-refractivity contribution >= 4 is 28.5 Å². The molecule has 0 bridgehead atoms. The van der Waals surface area contributed by atoms with E-state index in [-0.39, 0.29) is 0 Å². The van der Waals surface area contributed by atoms with Gasteiger partial charge in [0.05, 0.1) is 0 Å².